The fourth-order valence-electron chi connectivity index (χ4n) is 3.91. The molecule has 2 aromatic heterocycles. The van der Waals surface area contributed by atoms with Gasteiger partial charge in [0.15, 0.2) is 0 Å². The second-order valence-electron chi connectivity index (χ2n) is 6.86. The van der Waals surface area contributed by atoms with Crippen LogP contribution in [-0.4, -0.2) is 50.9 Å². The Morgan fingerprint density at radius 2 is 1.88 bits per heavy atom. The van der Waals surface area contributed by atoms with Gasteiger partial charge in [-0.1, -0.05) is 6.07 Å². The molecule has 25 heavy (non-hydrogen) atoms. The van der Waals surface area contributed by atoms with E-state index in [0.29, 0.717) is 18.8 Å². The van der Waals surface area contributed by atoms with Gasteiger partial charge >= 0.3 is 12.1 Å². The summed E-state index contributed by atoms with van der Waals surface area (Å²) >= 11 is 0. The molecule has 2 aliphatic heterocycles. The van der Waals surface area contributed by atoms with E-state index in [9.17, 15) is 18.0 Å². The molecule has 0 bridgehead atoms. The average Bonchev–Trinajstić information content (AvgIpc) is 2.99. The molecule has 0 atom stereocenters. The number of piperidine rings is 1. The van der Waals surface area contributed by atoms with E-state index in [-0.39, 0.29) is 13.1 Å². The van der Waals surface area contributed by atoms with Crippen LogP contribution in [0.1, 0.15) is 24.2 Å². The minimum absolute atomic E-state index is 0.185. The van der Waals surface area contributed by atoms with Crippen LogP contribution in [0.3, 0.4) is 0 Å². The molecule has 0 radical (unpaired) electrons. The standard InChI is InChI=1S/C17H19F3N4O/c18-17(19,20)16(25)23-6-4-12(5-7-23)9-22-10-13-2-1-3-15-21-8-14(11-22)24(13)15/h1-3,8,12H,4-7,9-11H2. The Kier molecular flexibility index (Phi) is 3.94. The minimum atomic E-state index is -4.77. The molecule has 1 saturated heterocycles. The van der Waals surface area contributed by atoms with Gasteiger partial charge < -0.3 is 4.90 Å². The van der Waals surface area contributed by atoms with Crippen LogP contribution in [0.2, 0.25) is 0 Å². The van der Waals surface area contributed by atoms with E-state index in [0.717, 1.165) is 35.9 Å². The molecule has 8 heteroatoms. The highest BCUT2D eigenvalue weighted by Gasteiger charge is 2.43. The van der Waals surface area contributed by atoms with Gasteiger partial charge in [0.2, 0.25) is 0 Å². The van der Waals surface area contributed by atoms with Gasteiger partial charge in [-0.05, 0) is 30.9 Å². The summed E-state index contributed by atoms with van der Waals surface area (Å²) in [5.41, 5.74) is 3.27. The number of hydrogen-bond acceptors (Lipinski definition) is 3. The molecule has 4 rings (SSSR count). The lowest BCUT2D eigenvalue weighted by molar-refractivity contribution is -0.186. The molecule has 0 aromatic carbocycles. The molecular weight excluding hydrogens is 333 g/mol. The van der Waals surface area contributed by atoms with Gasteiger partial charge in [-0.15, -0.1) is 0 Å². The van der Waals surface area contributed by atoms with Crippen molar-refractivity contribution in [1.82, 2.24) is 19.2 Å². The molecule has 0 aliphatic carbocycles. The molecule has 1 fully saturated rings. The fourth-order valence-corrected chi connectivity index (χ4v) is 3.91. The van der Waals surface area contributed by atoms with E-state index in [1.165, 1.54) is 5.69 Å². The van der Waals surface area contributed by atoms with Crippen molar-refractivity contribution in [3.63, 3.8) is 0 Å². The van der Waals surface area contributed by atoms with Gasteiger partial charge in [0.05, 0.1) is 11.9 Å². The predicted molar refractivity (Wildman–Crippen MR) is 84.7 cm³/mol. The first-order valence-electron chi connectivity index (χ1n) is 8.44. The van der Waals surface area contributed by atoms with Gasteiger partial charge in [-0.2, -0.15) is 13.2 Å². The Bertz CT molecular complexity index is 793. The van der Waals surface area contributed by atoms with E-state index >= 15 is 0 Å². The first kappa shape index (κ1) is 16.4. The lowest BCUT2D eigenvalue weighted by atomic mass is 9.95. The monoisotopic (exact) mass is 352 g/mol. The first-order valence-corrected chi connectivity index (χ1v) is 8.44. The Hall–Kier alpha value is -2.09. The van der Waals surface area contributed by atoms with Gasteiger partial charge in [0, 0.05) is 38.4 Å². The first-order chi connectivity index (χ1) is 11.9. The topological polar surface area (TPSA) is 40.9 Å². The summed E-state index contributed by atoms with van der Waals surface area (Å²) in [5, 5.41) is 0. The maximum Gasteiger partial charge on any atom is 0.471 e. The van der Waals surface area contributed by atoms with Crippen LogP contribution in [0.4, 0.5) is 13.2 Å². The van der Waals surface area contributed by atoms with Crippen LogP contribution in [0, 0.1) is 5.92 Å². The molecule has 4 heterocycles. The number of nitrogens with zero attached hydrogens (tertiary/aromatic N) is 4. The summed E-state index contributed by atoms with van der Waals surface area (Å²) in [6, 6.07) is 6.05. The summed E-state index contributed by atoms with van der Waals surface area (Å²) in [7, 11) is 0. The number of carbonyl (C=O) groups is 1. The normalized spacial score (nSPS) is 19.6. The molecule has 2 aromatic rings. The minimum Gasteiger partial charge on any atom is -0.335 e. The summed E-state index contributed by atoms with van der Waals surface area (Å²) in [6.07, 6.45) is -1.66. The van der Waals surface area contributed by atoms with Gasteiger partial charge in [0.1, 0.15) is 5.65 Å². The molecule has 2 aliphatic rings. The zero-order chi connectivity index (χ0) is 17.6. The van der Waals surface area contributed by atoms with Crippen LogP contribution < -0.4 is 0 Å². The Morgan fingerprint density at radius 3 is 2.60 bits per heavy atom. The molecule has 0 spiro atoms. The van der Waals surface area contributed by atoms with Crippen molar-refractivity contribution < 1.29 is 18.0 Å². The summed E-state index contributed by atoms with van der Waals surface area (Å²) in [5.74, 6) is -1.40. The maximum absolute atomic E-state index is 12.5. The van der Waals surface area contributed by atoms with Crippen LogP contribution in [0.15, 0.2) is 24.4 Å². The number of likely N-dealkylation sites (tertiary alicyclic amines) is 1. The number of hydrogen-bond donors (Lipinski definition) is 0. The summed E-state index contributed by atoms with van der Waals surface area (Å²) in [6.45, 7) is 2.80. The number of carbonyl (C=O) groups excluding carboxylic acids is 1. The molecule has 1 amide bonds. The highest BCUT2D eigenvalue weighted by Crippen LogP contribution is 2.27. The molecule has 5 nitrogen and oxygen atoms in total. The zero-order valence-corrected chi connectivity index (χ0v) is 13.7. The van der Waals surface area contributed by atoms with Crippen molar-refractivity contribution in [2.24, 2.45) is 5.92 Å². The highest BCUT2D eigenvalue weighted by molar-refractivity contribution is 5.81. The number of imidazole rings is 1. The quantitative estimate of drug-likeness (QED) is 0.834. The van der Waals surface area contributed by atoms with Gasteiger partial charge in [-0.25, -0.2) is 4.98 Å². The van der Waals surface area contributed by atoms with Crippen LogP contribution >= 0.6 is 0 Å². The molecular formula is C17H19F3N4O. The SMILES string of the molecule is O=C(N1CCC(CN2Cc3cccc4ncc(n34)C2)CC1)C(F)(F)F. The lowest BCUT2D eigenvalue weighted by Gasteiger charge is -2.36. The zero-order valence-electron chi connectivity index (χ0n) is 13.7. The fraction of sp³-hybridized carbons (Fsp3) is 0.529. The van der Waals surface area contributed by atoms with E-state index < -0.39 is 12.1 Å². The summed E-state index contributed by atoms with van der Waals surface area (Å²) < 4.78 is 39.7. The van der Waals surface area contributed by atoms with Crippen molar-refractivity contribution >= 4 is 11.6 Å². The number of rotatable bonds is 2. The molecule has 134 valence electrons. The van der Waals surface area contributed by atoms with Gasteiger partial charge in [0.25, 0.3) is 0 Å². The van der Waals surface area contributed by atoms with E-state index in [1.807, 2.05) is 18.3 Å². The largest absolute Gasteiger partial charge is 0.471 e. The van der Waals surface area contributed by atoms with Crippen LogP contribution in [0.5, 0.6) is 0 Å². The van der Waals surface area contributed by atoms with E-state index in [1.54, 1.807) is 0 Å². The average molecular weight is 352 g/mol. The van der Waals surface area contributed by atoms with Crippen LogP contribution in [-0.2, 0) is 17.9 Å². The van der Waals surface area contributed by atoms with Crippen molar-refractivity contribution in [2.45, 2.75) is 32.1 Å². The Morgan fingerprint density at radius 1 is 1.16 bits per heavy atom. The van der Waals surface area contributed by atoms with Crippen molar-refractivity contribution in [3.8, 4) is 0 Å². The predicted octanol–water partition coefficient (Wildman–Crippen LogP) is 2.45. The third-order valence-corrected chi connectivity index (χ3v) is 5.12. The summed E-state index contributed by atoms with van der Waals surface area (Å²) in [4.78, 5) is 19.0. The second-order valence-corrected chi connectivity index (χ2v) is 6.86. The Balaban J connectivity index is 1.36. The van der Waals surface area contributed by atoms with Crippen molar-refractivity contribution in [2.75, 3.05) is 19.6 Å². The van der Waals surface area contributed by atoms with E-state index in [2.05, 4.69) is 20.4 Å². The highest BCUT2D eigenvalue weighted by atomic mass is 19.4. The number of pyridine rings is 1. The van der Waals surface area contributed by atoms with Crippen molar-refractivity contribution in [1.29, 1.82) is 0 Å². The number of aromatic nitrogens is 2. The van der Waals surface area contributed by atoms with Gasteiger partial charge in [-0.3, -0.25) is 14.1 Å². The molecule has 0 unspecified atom stereocenters. The third-order valence-electron chi connectivity index (χ3n) is 5.12. The lowest BCUT2D eigenvalue weighted by Crippen LogP contribution is -2.46. The smallest absolute Gasteiger partial charge is 0.335 e. The van der Waals surface area contributed by atoms with Crippen molar-refractivity contribution in [3.05, 3.63) is 35.8 Å². The maximum atomic E-state index is 12.5. The molecule has 0 N–H and O–H groups in total. The second kappa shape index (κ2) is 6.01. The number of halogens is 3. The molecule has 0 saturated carbocycles. The van der Waals surface area contributed by atoms with Crippen LogP contribution in [0.25, 0.3) is 5.65 Å². The number of amides is 1. The number of alkyl halides is 3. The van der Waals surface area contributed by atoms with E-state index in [4.69, 9.17) is 0 Å². The third kappa shape index (κ3) is 3.10. The Labute approximate surface area is 143 Å².